The zero-order chi connectivity index (χ0) is 18.6. The van der Waals surface area contributed by atoms with E-state index in [0.717, 1.165) is 22.6 Å². The highest BCUT2D eigenvalue weighted by atomic mass is 35.5. The third kappa shape index (κ3) is 8.18. The highest BCUT2D eigenvalue weighted by Crippen LogP contribution is 2.32. The quantitative estimate of drug-likeness (QED) is 0.539. The van der Waals surface area contributed by atoms with Gasteiger partial charge in [0.05, 0.1) is 26.4 Å². The molecule has 27 heavy (non-hydrogen) atoms. The molecular formula is C21H30ClNO4. The van der Waals surface area contributed by atoms with Gasteiger partial charge in [-0.1, -0.05) is 42.0 Å². The maximum atomic E-state index is 8.71. The molecule has 0 atom stereocenters. The molecule has 0 fully saturated rings. The number of para-hydroxylation sites is 1. The van der Waals surface area contributed by atoms with E-state index < -0.39 is 0 Å². The molecular weight excluding hydrogens is 366 g/mol. The smallest absolute Gasteiger partial charge is 0.166 e. The van der Waals surface area contributed by atoms with Gasteiger partial charge in [-0.15, -0.1) is 12.4 Å². The van der Waals surface area contributed by atoms with Crippen molar-refractivity contribution in [2.75, 3.05) is 33.0 Å². The molecule has 2 N–H and O–H groups in total. The minimum absolute atomic E-state index is 0. The van der Waals surface area contributed by atoms with E-state index in [-0.39, 0.29) is 19.0 Å². The number of hydrogen-bond acceptors (Lipinski definition) is 5. The number of ether oxygens (including phenoxy) is 3. The van der Waals surface area contributed by atoms with E-state index in [1.54, 1.807) is 0 Å². The molecule has 0 spiro atoms. The minimum atomic E-state index is 0. The van der Waals surface area contributed by atoms with Gasteiger partial charge in [-0.3, -0.25) is 0 Å². The molecule has 2 rings (SSSR count). The van der Waals surface area contributed by atoms with Crippen LogP contribution in [0.4, 0.5) is 0 Å². The van der Waals surface area contributed by atoms with Crippen LogP contribution >= 0.6 is 12.4 Å². The summed E-state index contributed by atoms with van der Waals surface area (Å²) >= 11 is 0. The van der Waals surface area contributed by atoms with E-state index in [9.17, 15) is 0 Å². The zero-order valence-electron chi connectivity index (χ0n) is 16.1. The number of aliphatic hydroxyl groups is 1. The first-order valence-electron chi connectivity index (χ1n) is 9.07. The van der Waals surface area contributed by atoms with Gasteiger partial charge in [-0.25, -0.2) is 0 Å². The Kier molecular flexibility index (Phi) is 11.5. The number of aryl methyl sites for hydroxylation is 1. The fourth-order valence-corrected chi connectivity index (χ4v) is 2.51. The van der Waals surface area contributed by atoms with Crippen LogP contribution in [0.15, 0.2) is 42.5 Å². The predicted octanol–water partition coefficient (Wildman–Crippen LogP) is 3.49. The van der Waals surface area contributed by atoms with Crippen molar-refractivity contribution in [1.82, 2.24) is 5.32 Å². The molecule has 0 aromatic heterocycles. The molecule has 150 valence electrons. The molecule has 2 aromatic carbocycles. The van der Waals surface area contributed by atoms with E-state index in [2.05, 4.69) is 36.5 Å². The molecule has 0 aliphatic carbocycles. The van der Waals surface area contributed by atoms with Gasteiger partial charge < -0.3 is 24.6 Å². The van der Waals surface area contributed by atoms with Crippen molar-refractivity contribution >= 4 is 12.4 Å². The Balaban J connectivity index is 0.00000364. The number of hydrogen-bond donors (Lipinski definition) is 2. The molecule has 0 heterocycles. The van der Waals surface area contributed by atoms with Gasteiger partial charge in [-0.2, -0.15) is 0 Å². The highest BCUT2D eigenvalue weighted by molar-refractivity contribution is 5.85. The van der Waals surface area contributed by atoms with Gasteiger partial charge in [0.2, 0.25) is 0 Å². The van der Waals surface area contributed by atoms with Gasteiger partial charge in [0.15, 0.2) is 11.5 Å². The molecule has 0 bridgehead atoms. The fraction of sp³-hybridized carbons (Fsp3) is 0.429. The Morgan fingerprint density at radius 3 is 2.48 bits per heavy atom. The fourth-order valence-electron chi connectivity index (χ4n) is 2.51. The third-order valence-electron chi connectivity index (χ3n) is 3.84. The van der Waals surface area contributed by atoms with Crippen LogP contribution in [-0.2, 0) is 17.9 Å². The van der Waals surface area contributed by atoms with E-state index in [0.29, 0.717) is 39.5 Å². The van der Waals surface area contributed by atoms with Crippen molar-refractivity contribution < 1.29 is 19.3 Å². The summed E-state index contributed by atoms with van der Waals surface area (Å²) in [6.45, 7) is 7.47. The number of rotatable bonds is 12. The second kappa shape index (κ2) is 13.4. The summed E-state index contributed by atoms with van der Waals surface area (Å²) in [4.78, 5) is 0. The molecule has 0 amide bonds. The predicted molar refractivity (Wildman–Crippen MR) is 110 cm³/mol. The largest absolute Gasteiger partial charge is 0.490 e. The van der Waals surface area contributed by atoms with Crippen molar-refractivity contribution in [1.29, 1.82) is 0 Å². The lowest BCUT2D eigenvalue weighted by atomic mass is 10.1. The average Bonchev–Trinajstić information content (AvgIpc) is 2.65. The Bertz CT molecular complexity index is 649. The first kappa shape index (κ1) is 23.2. The third-order valence-corrected chi connectivity index (χ3v) is 3.84. The molecule has 5 nitrogen and oxygen atoms in total. The van der Waals surface area contributed by atoms with Crippen LogP contribution in [-0.4, -0.2) is 38.1 Å². The lowest BCUT2D eigenvalue weighted by molar-refractivity contribution is 0.0937. The number of aliphatic hydroxyl groups excluding tert-OH is 1. The maximum Gasteiger partial charge on any atom is 0.166 e. The number of benzene rings is 2. The maximum absolute atomic E-state index is 8.71. The Hall–Kier alpha value is -1.79. The number of halogens is 1. The summed E-state index contributed by atoms with van der Waals surface area (Å²) in [5.74, 6) is 1.54. The SMILES string of the molecule is CCOc1cccc(CNCCOCCO)c1OCc1ccc(C)cc1.Cl. The highest BCUT2D eigenvalue weighted by Gasteiger charge is 2.11. The summed E-state index contributed by atoms with van der Waals surface area (Å²) < 4.78 is 17.1. The first-order chi connectivity index (χ1) is 12.7. The summed E-state index contributed by atoms with van der Waals surface area (Å²) in [7, 11) is 0. The summed E-state index contributed by atoms with van der Waals surface area (Å²) in [6.07, 6.45) is 0. The van der Waals surface area contributed by atoms with Crippen LogP contribution in [0, 0.1) is 6.92 Å². The van der Waals surface area contributed by atoms with Gasteiger partial charge in [0.25, 0.3) is 0 Å². The summed E-state index contributed by atoms with van der Waals surface area (Å²) in [5.41, 5.74) is 3.40. The van der Waals surface area contributed by atoms with Crippen LogP contribution in [0.3, 0.4) is 0 Å². The lowest BCUT2D eigenvalue weighted by Crippen LogP contribution is -2.20. The van der Waals surface area contributed by atoms with Crippen molar-refractivity contribution in [2.45, 2.75) is 27.0 Å². The van der Waals surface area contributed by atoms with E-state index in [1.807, 2.05) is 25.1 Å². The molecule has 0 radical (unpaired) electrons. The Morgan fingerprint density at radius 1 is 1.00 bits per heavy atom. The molecule has 6 heteroatoms. The summed E-state index contributed by atoms with van der Waals surface area (Å²) in [6, 6.07) is 14.3. The summed E-state index contributed by atoms with van der Waals surface area (Å²) in [5, 5.41) is 12.0. The molecule has 0 unspecified atom stereocenters. The van der Waals surface area contributed by atoms with E-state index in [4.69, 9.17) is 19.3 Å². The minimum Gasteiger partial charge on any atom is -0.490 e. The van der Waals surface area contributed by atoms with Crippen molar-refractivity contribution in [3.63, 3.8) is 0 Å². The van der Waals surface area contributed by atoms with Gasteiger partial charge in [-0.05, 0) is 25.5 Å². The Morgan fingerprint density at radius 2 is 1.78 bits per heavy atom. The lowest BCUT2D eigenvalue weighted by Gasteiger charge is -2.16. The van der Waals surface area contributed by atoms with Crippen molar-refractivity contribution in [3.8, 4) is 11.5 Å². The normalized spacial score (nSPS) is 10.3. The second-order valence-corrected chi connectivity index (χ2v) is 5.96. The zero-order valence-corrected chi connectivity index (χ0v) is 16.9. The molecule has 0 aliphatic rings. The molecule has 2 aromatic rings. The first-order valence-corrected chi connectivity index (χ1v) is 9.07. The van der Waals surface area contributed by atoms with E-state index in [1.165, 1.54) is 5.56 Å². The average molecular weight is 396 g/mol. The van der Waals surface area contributed by atoms with Crippen LogP contribution in [0.1, 0.15) is 23.6 Å². The molecule has 0 saturated carbocycles. The van der Waals surface area contributed by atoms with Crippen LogP contribution in [0.2, 0.25) is 0 Å². The monoisotopic (exact) mass is 395 g/mol. The number of nitrogens with one attached hydrogen (secondary N) is 1. The van der Waals surface area contributed by atoms with Crippen molar-refractivity contribution in [3.05, 3.63) is 59.2 Å². The second-order valence-electron chi connectivity index (χ2n) is 5.96. The molecule has 0 saturated heterocycles. The Labute approximate surface area is 168 Å². The standard InChI is InChI=1S/C21H29NO4.ClH/c1-3-25-20-6-4-5-19(15-22-11-13-24-14-12-23)21(20)26-16-18-9-7-17(2)8-10-18;/h4-10,22-23H,3,11-16H2,1-2H3;1H. The molecule has 0 aliphatic heterocycles. The van der Waals surface area contributed by atoms with Gasteiger partial charge in [0.1, 0.15) is 6.61 Å². The van der Waals surface area contributed by atoms with Crippen molar-refractivity contribution in [2.24, 2.45) is 0 Å². The van der Waals surface area contributed by atoms with Gasteiger partial charge in [0, 0.05) is 18.7 Å². The van der Waals surface area contributed by atoms with Crippen LogP contribution in [0.5, 0.6) is 11.5 Å². The van der Waals surface area contributed by atoms with Gasteiger partial charge >= 0.3 is 0 Å². The van der Waals surface area contributed by atoms with Crippen LogP contribution < -0.4 is 14.8 Å². The van der Waals surface area contributed by atoms with E-state index >= 15 is 0 Å². The van der Waals surface area contributed by atoms with Crippen LogP contribution in [0.25, 0.3) is 0 Å². The topological polar surface area (TPSA) is 60.0 Å².